The molecule has 2 N–H and O–H groups in total. The second-order valence-corrected chi connectivity index (χ2v) is 6.46. The van der Waals surface area contributed by atoms with Gasteiger partial charge in [-0.3, -0.25) is 4.90 Å². The number of hydrogen-bond donors (Lipinski definition) is 2. The highest BCUT2D eigenvalue weighted by Crippen LogP contribution is 2.11. The second-order valence-electron chi connectivity index (χ2n) is 6.03. The Kier molecular flexibility index (Phi) is 8.36. The molecule has 1 aromatic rings. The summed E-state index contributed by atoms with van der Waals surface area (Å²) in [5.41, 5.74) is 1.12. The Morgan fingerprint density at radius 3 is 2.54 bits per heavy atom. The van der Waals surface area contributed by atoms with E-state index in [1.807, 2.05) is 24.3 Å². The smallest absolute Gasteiger partial charge is 0.191 e. The van der Waals surface area contributed by atoms with Gasteiger partial charge < -0.3 is 15.5 Å². The van der Waals surface area contributed by atoms with E-state index in [4.69, 9.17) is 11.6 Å². The zero-order valence-corrected chi connectivity index (χ0v) is 15.6. The van der Waals surface area contributed by atoms with Crippen LogP contribution in [0.15, 0.2) is 29.3 Å². The Labute approximate surface area is 151 Å². The van der Waals surface area contributed by atoms with Crippen LogP contribution in [0.4, 0.5) is 0 Å². The summed E-state index contributed by atoms with van der Waals surface area (Å²) in [6.07, 6.45) is 0. The number of aliphatic imine (C=N–C) groups is 1. The minimum absolute atomic E-state index is 0.630. The molecule has 1 heterocycles. The van der Waals surface area contributed by atoms with Gasteiger partial charge in [0.1, 0.15) is 0 Å². The van der Waals surface area contributed by atoms with Crippen LogP contribution < -0.4 is 10.6 Å². The molecule has 1 aliphatic heterocycles. The van der Waals surface area contributed by atoms with Crippen molar-refractivity contribution in [1.29, 1.82) is 0 Å². The van der Waals surface area contributed by atoms with Gasteiger partial charge in [0.2, 0.25) is 0 Å². The van der Waals surface area contributed by atoms with E-state index in [2.05, 4.69) is 39.3 Å². The van der Waals surface area contributed by atoms with Gasteiger partial charge in [-0.2, -0.15) is 0 Å². The van der Waals surface area contributed by atoms with Gasteiger partial charge in [0.25, 0.3) is 0 Å². The van der Waals surface area contributed by atoms with Crippen LogP contribution in [0.5, 0.6) is 0 Å². The van der Waals surface area contributed by atoms with Crippen LogP contribution in [0.1, 0.15) is 19.4 Å². The van der Waals surface area contributed by atoms with E-state index in [1.54, 1.807) is 0 Å². The van der Waals surface area contributed by atoms with E-state index >= 15 is 0 Å². The summed E-state index contributed by atoms with van der Waals surface area (Å²) >= 11 is 6.02. The summed E-state index contributed by atoms with van der Waals surface area (Å²) in [5.74, 6) is 0.865. The van der Waals surface area contributed by atoms with Gasteiger partial charge in [0.05, 0.1) is 6.54 Å². The van der Waals surface area contributed by atoms with E-state index in [9.17, 15) is 0 Å². The molecule has 0 aliphatic carbocycles. The third-order valence-corrected chi connectivity index (χ3v) is 4.52. The topological polar surface area (TPSA) is 42.9 Å². The van der Waals surface area contributed by atoms with Crippen LogP contribution in [0, 0.1) is 0 Å². The molecule has 2 rings (SSSR count). The molecule has 0 bridgehead atoms. The maximum atomic E-state index is 6.02. The van der Waals surface area contributed by atoms with Crippen LogP contribution in [0.25, 0.3) is 0 Å². The molecule has 0 spiro atoms. The lowest BCUT2D eigenvalue weighted by molar-refractivity contribution is 0.139. The highest BCUT2D eigenvalue weighted by molar-refractivity contribution is 6.30. The molecule has 1 aromatic carbocycles. The van der Waals surface area contributed by atoms with Crippen molar-refractivity contribution in [3.05, 3.63) is 34.9 Å². The lowest BCUT2D eigenvalue weighted by atomic mass is 10.2. The summed E-state index contributed by atoms with van der Waals surface area (Å²) in [4.78, 5) is 9.66. The van der Waals surface area contributed by atoms with E-state index in [1.165, 1.54) is 13.1 Å². The molecule has 0 unspecified atom stereocenters. The second kappa shape index (κ2) is 10.5. The third-order valence-electron chi connectivity index (χ3n) is 4.29. The van der Waals surface area contributed by atoms with Crippen LogP contribution in [0.2, 0.25) is 5.02 Å². The lowest BCUT2D eigenvalue weighted by Gasteiger charge is -2.34. The molecule has 0 radical (unpaired) electrons. The SMILES string of the molecule is CCNC(=NCc1cccc(Cl)c1)NCCN1CCN(CC)CC1. The molecule has 24 heavy (non-hydrogen) atoms. The number of rotatable bonds is 7. The zero-order valence-electron chi connectivity index (χ0n) is 14.9. The molecule has 0 amide bonds. The largest absolute Gasteiger partial charge is 0.357 e. The quantitative estimate of drug-likeness (QED) is 0.582. The predicted octanol–water partition coefficient (Wildman–Crippen LogP) is 2.03. The van der Waals surface area contributed by atoms with Crippen molar-refractivity contribution in [2.75, 3.05) is 52.4 Å². The van der Waals surface area contributed by atoms with Crippen LogP contribution in [0.3, 0.4) is 0 Å². The van der Waals surface area contributed by atoms with Gasteiger partial charge in [0.15, 0.2) is 5.96 Å². The normalized spacial score (nSPS) is 17.0. The first-order valence-electron chi connectivity index (χ1n) is 8.92. The number of halogens is 1. The van der Waals surface area contributed by atoms with Crippen LogP contribution in [-0.4, -0.2) is 68.1 Å². The zero-order chi connectivity index (χ0) is 17.2. The Balaban J connectivity index is 1.75. The predicted molar refractivity (Wildman–Crippen MR) is 103 cm³/mol. The first kappa shape index (κ1) is 19.0. The van der Waals surface area contributed by atoms with E-state index < -0.39 is 0 Å². The van der Waals surface area contributed by atoms with Gasteiger partial charge >= 0.3 is 0 Å². The molecule has 1 fully saturated rings. The van der Waals surface area contributed by atoms with Gasteiger partial charge in [-0.05, 0) is 31.2 Å². The van der Waals surface area contributed by atoms with Gasteiger partial charge in [-0.25, -0.2) is 4.99 Å². The molecule has 5 nitrogen and oxygen atoms in total. The molecule has 1 saturated heterocycles. The monoisotopic (exact) mass is 351 g/mol. The molecule has 0 saturated carbocycles. The fraction of sp³-hybridized carbons (Fsp3) is 0.611. The van der Waals surface area contributed by atoms with E-state index in [0.717, 1.165) is 55.8 Å². The van der Waals surface area contributed by atoms with Gasteiger partial charge in [-0.15, -0.1) is 0 Å². The minimum atomic E-state index is 0.630. The van der Waals surface area contributed by atoms with Crippen molar-refractivity contribution in [1.82, 2.24) is 20.4 Å². The van der Waals surface area contributed by atoms with Crippen molar-refractivity contribution >= 4 is 17.6 Å². The van der Waals surface area contributed by atoms with Gasteiger partial charge in [-0.1, -0.05) is 30.7 Å². The van der Waals surface area contributed by atoms with Crippen molar-refractivity contribution in [2.24, 2.45) is 4.99 Å². The Morgan fingerprint density at radius 2 is 1.88 bits per heavy atom. The minimum Gasteiger partial charge on any atom is -0.357 e. The Morgan fingerprint density at radius 1 is 1.12 bits per heavy atom. The van der Waals surface area contributed by atoms with Crippen molar-refractivity contribution < 1.29 is 0 Å². The summed E-state index contributed by atoms with van der Waals surface area (Å²) < 4.78 is 0. The third kappa shape index (κ3) is 6.67. The molecule has 0 aromatic heterocycles. The molecular formula is C18H30ClN5. The standard InChI is InChI=1S/C18H30ClN5/c1-3-20-18(22-15-16-6-5-7-17(19)14-16)21-8-9-24-12-10-23(4-2)11-13-24/h5-7,14H,3-4,8-13,15H2,1-2H3,(H2,20,21,22). The Bertz CT molecular complexity index is 512. The molecule has 0 atom stereocenters. The highest BCUT2D eigenvalue weighted by Gasteiger charge is 2.14. The summed E-state index contributed by atoms with van der Waals surface area (Å²) in [6, 6.07) is 7.86. The molecule has 1 aliphatic rings. The number of piperazine rings is 1. The number of likely N-dealkylation sites (N-methyl/N-ethyl adjacent to an activating group) is 1. The summed E-state index contributed by atoms with van der Waals surface area (Å²) in [7, 11) is 0. The molecule has 134 valence electrons. The van der Waals surface area contributed by atoms with Crippen LogP contribution in [-0.2, 0) is 6.54 Å². The number of benzene rings is 1. The van der Waals surface area contributed by atoms with E-state index in [-0.39, 0.29) is 0 Å². The van der Waals surface area contributed by atoms with Crippen molar-refractivity contribution in [2.45, 2.75) is 20.4 Å². The first-order valence-corrected chi connectivity index (χ1v) is 9.30. The van der Waals surface area contributed by atoms with Crippen molar-refractivity contribution in [3.63, 3.8) is 0 Å². The average Bonchev–Trinajstić information content (AvgIpc) is 2.60. The number of hydrogen-bond acceptors (Lipinski definition) is 3. The fourth-order valence-corrected chi connectivity index (χ4v) is 3.02. The number of guanidine groups is 1. The maximum absolute atomic E-state index is 6.02. The first-order chi connectivity index (χ1) is 11.7. The summed E-state index contributed by atoms with van der Waals surface area (Å²) in [6.45, 7) is 13.6. The summed E-state index contributed by atoms with van der Waals surface area (Å²) in [5, 5.41) is 7.49. The molecular weight excluding hydrogens is 322 g/mol. The average molecular weight is 352 g/mol. The lowest BCUT2D eigenvalue weighted by Crippen LogP contribution is -2.49. The Hall–Kier alpha value is -1.30. The number of nitrogens with one attached hydrogen (secondary N) is 2. The van der Waals surface area contributed by atoms with Crippen molar-refractivity contribution in [3.8, 4) is 0 Å². The number of nitrogens with zero attached hydrogens (tertiary/aromatic N) is 3. The van der Waals surface area contributed by atoms with Crippen LogP contribution >= 0.6 is 11.6 Å². The maximum Gasteiger partial charge on any atom is 0.191 e. The molecule has 6 heteroatoms. The van der Waals surface area contributed by atoms with Gasteiger partial charge in [0, 0.05) is 50.8 Å². The fourth-order valence-electron chi connectivity index (χ4n) is 2.81. The van der Waals surface area contributed by atoms with E-state index in [0.29, 0.717) is 6.54 Å². The highest BCUT2D eigenvalue weighted by atomic mass is 35.5.